The molecule has 1 amide bonds. The average Bonchev–Trinajstić information content (AvgIpc) is 3.05. The van der Waals surface area contributed by atoms with Crippen LogP contribution in [0.15, 0.2) is 60.0 Å². The van der Waals surface area contributed by atoms with Gasteiger partial charge in [0.15, 0.2) is 0 Å². The van der Waals surface area contributed by atoms with Crippen LogP contribution in [0.2, 0.25) is 5.02 Å². The van der Waals surface area contributed by atoms with E-state index in [1.807, 2.05) is 60.8 Å². The molecule has 3 rings (SSSR count). The van der Waals surface area contributed by atoms with Crippen molar-refractivity contribution in [2.45, 2.75) is 13.5 Å². The number of rotatable bonds is 5. The molecule has 0 aliphatic heterocycles. The SMILES string of the molecule is Cc1ccc(NC(=O)c2cc(COc3ccccc3Cl)cs2)cc1. The normalized spacial score (nSPS) is 10.4. The van der Waals surface area contributed by atoms with Gasteiger partial charge in [-0.3, -0.25) is 4.79 Å². The van der Waals surface area contributed by atoms with Crippen molar-refractivity contribution in [2.24, 2.45) is 0 Å². The first-order chi connectivity index (χ1) is 11.6. The molecule has 0 fully saturated rings. The maximum atomic E-state index is 12.3. The van der Waals surface area contributed by atoms with E-state index in [0.717, 1.165) is 16.8 Å². The van der Waals surface area contributed by atoms with Crippen molar-refractivity contribution >= 4 is 34.5 Å². The number of aryl methyl sites for hydroxylation is 1. The minimum Gasteiger partial charge on any atom is -0.487 e. The zero-order valence-electron chi connectivity index (χ0n) is 13.1. The molecule has 0 aliphatic rings. The van der Waals surface area contributed by atoms with Crippen LogP contribution in [0.4, 0.5) is 5.69 Å². The number of para-hydroxylation sites is 1. The van der Waals surface area contributed by atoms with Crippen LogP contribution in [-0.2, 0) is 6.61 Å². The third-order valence-electron chi connectivity index (χ3n) is 3.42. The highest BCUT2D eigenvalue weighted by Crippen LogP contribution is 2.25. The first-order valence-corrected chi connectivity index (χ1v) is 8.70. The van der Waals surface area contributed by atoms with Crippen LogP contribution in [0.1, 0.15) is 20.8 Å². The molecule has 0 bridgehead atoms. The van der Waals surface area contributed by atoms with E-state index in [0.29, 0.717) is 22.3 Å². The van der Waals surface area contributed by atoms with Crippen LogP contribution in [0, 0.1) is 6.92 Å². The Bertz CT molecular complexity index is 843. The lowest BCUT2D eigenvalue weighted by molar-refractivity contribution is 0.103. The van der Waals surface area contributed by atoms with Gasteiger partial charge in [0.2, 0.25) is 0 Å². The van der Waals surface area contributed by atoms with Crippen LogP contribution in [0.5, 0.6) is 5.75 Å². The third kappa shape index (κ3) is 4.16. The first-order valence-electron chi connectivity index (χ1n) is 7.44. The van der Waals surface area contributed by atoms with Gasteiger partial charge in [0.05, 0.1) is 9.90 Å². The van der Waals surface area contributed by atoms with E-state index in [1.165, 1.54) is 11.3 Å². The number of amides is 1. The smallest absolute Gasteiger partial charge is 0.265 e. The number of halogens is 1. The molecular formula is C19H16ClNO2S. The number of hydrogen-bond acceptors (Lipinski definition) is 3. The van der Waals surface area contributed by atoms with Crippen molar-refractivity contribution in [3.8, 4) is 5.75 Å². The summed E-state index contributed by atoms with van der Waals surface area (Å²) in [7, 11) is 0. The molecule has 0 saturated carbocycles. The van der Waals surface area contributed by atoms with Gasteiger partial charge >= 0.3 is 0 Å². The fourth-order valence-corrected chi connectivity index (χ4v) is 3.11. The van der Waals surface area contributed by atoms with E-state index in [1.54, 1.807) is 6.07 Å². The summed E-state index contributed by atoms with van der Waals surface area (Å²) in [5, 5.41) is 5.38. The van der Waals surface area contributed by atoms with Crippen LogP contribution in [0.25, 0.3) is 0 Å². The van der Waals surface area contributed by atoms with E-state index in [4.69, 9.17) is 16.3 Å². The van der Waals surface area contributed by atoms with Crippen LogP contribution < -0.4 is 10.1 Å². The molecule has 0 radical (unpaired) electrons. The van der Waals surface area contributed by atoms with E-state index in [2.05, 4.69) is 5.32 Å². The molecule has 1 N–H and O–H groups in total. The summed E-state index contributed by atoms with van der Waals surface area (Å²) in [6.07, 6.45) is 0. The Kier molecular flexibility index (Phi) is 5.18. The molecular weight excluding hydrogens is 342 g/mol. The third-order valence-corrected chi connectivity index (χ3v) is 4.71. The number of hydrogen-bond donors (Lipinski definition) is 1. The van der Waals surface area contributed by atoms with E-state index in [9.17, 15) is 4.79 Å². The van der Waals surface area contributed by atoms with Crippen molar-refractivity contribution in [3.05, 3.63) is 81.0 Å². The summed E-state index contributed by atoms with van der Waals surface area (Å²) in [6.45, 7) is 2.38. The van der Waals surface area contributed by atoms with Gasteiger partial charge in [0.1, 0.15) is 12.4 Å². The largest absolute Gasteiger partial charge is 0.487 e. The number of ether oxygens (including phenoxy) is 1. The Morgan fingerprint density at radius 3 is 2.67 bits per heavy atom. The Hall–Kier alpha value is -2.30. The van der Waals surface area contributed by atoms with Crippen LogP contribution >= 0.6 is 22.9 Å². The zero-order chi connectivity index (χ0) is 16.9. The van der Waals surface area contributed by atoms with Gasteiger partial charge in [-0.05, 0) is 42.6 Å². The Balaban J connectivity index is 1.61. The molecule has 24 heavy (non-hydrogen) atoms. The van der Waals surface area contributed by atoms with Gasteiger partial charge in [-0.2, -0.15) is 0 Å². The van der Waals surface area contributed by atoms with E-state index >= 15 is 0 Å². The highest BCUT2D eigenvalue weighted by atomic mass is 35.5. The topological polar surface area (TPSA) is 38.3 Å². The fraction of sp³-hybridized carbons (Fsp3) is 0.105. The lowest BCUT2D eigenvalue weighted by atomic mass is 10.2. The predicted octanol–water partition coefficient (Wildman–Crippen LogP) is 5.54. The summed E-state index contributed by atoms with van der Waals surface area (Å²) < 4.78 is 5.69. The molecule has 0 unspecified atom stereocenters. The predicted molar refractivity (Wildman–Crippen MR) is 99.2 cm³/mol. The summed E-state index contributed by atoms with van der Waals surface area (Å²) in [6, 6.07) is 16.9. The minimum atomic E-state index is -0.118. The van der Waals surface area contributed by atoms with E-state index < -0.39 is 0 Å². The summed E-state index contributed by atoms with van der Waals surface area (Å²) in [4.78, 5) is 12.9. The van der Waals surface area contributed by atoms with Crippen molar-refractivity contribution < 1.29 is 9.53 Å². The minimum absolute atomic E-state index is 0.118. The quantitative estimate of drug-likeness (QED) is 0.650. The van der Waals surface area contributed by atoms with Gasteiger partial charge in [0.25, 0.3) is 5.91 Å². The second-order valence-electron chi connectivity index (χ2n) is 5.36. The molecule has 122 valence electrons. The van der Waals surface area contributed by atoms with Gasteiger partial charge in [-0.1, -0.05) is 41.4 Å². The maximum absolute atomic E-state index is 12.3. The van der Waals surface area contributed by atoms with Gasteiger partial charge in [-0.25, -0.2) is 0 Å². The maximum Gasteiger partial charge on any atom is 0.265 e. The van der Waals surface area contributed by atoms with Gasteiger partial charge in [0, 0.05) is 11.3 Å². The van der Waals surface area contributed by atoms with Gasteiger partial charge < -0.3 is 10.1 Å². The number of nitrogens with one attached hydrogen (secondary N) is 1. The second-order valence-corrected chi connectivity index (χ2v) is 6.68. The Labute approximate surface area is 149 Å². The first kappa shape index (κ1) is 16.6. The Morgan fingerprint density at radius 2 is 1.92 bits per heavy atom. The number of thiophene rings is 1. The summed E-state index contributed by atoms with van der Waals surface area (Å²) in [5.41, 5.74) is 2.88. The molecule has 3 aromatic rings. The number of carbonyl (C=O) groups excluding carboxylic acids is 1. The average molecular weight is 358 g/mol. The van der Waals surface area contributed by atoms with Crippen molar-refractivity contribution in [1.29, 1.82) is 0 Å². The molecule has 1 aromatic heterocycles. The second kappa shape index (κ2) is 7.51. The van der Waals surface area contributed by atoms with Gasteiger partial charge in [-0.15, -0.1) is 11.3 Å². The molecule has 2 aromatic carbocycles. The number of anilines is 1. The zero-order valence-corrected chi connectivity index (χ0v) is 14.7. The fourth-order valence-electron chi connectivity index (χ4n) is 2.12. The lowest BCUT2D eigenvalue weighted by Gasteiger charge is -2.06. The van der Waals surface area contributed by atoms with E-state index in [-0.39, 0.29) is 5.91 Å². The highest BCUT2D eigenvalue weighted by Gasteiger charge is 2.10. The van der Waals surface area contributed by atoms with Crippen molar-refractivity contribution in [2.75, 3.05) is 5.32 Å². The molecule has 0 spiro atoms. The molecule has 5 heteroatoms. The highest BCUT2D eigenvalue weighted by molar-refractivity contribution is 7.12. The van der Waals surface area contributed by atoms with Crippen molar-refractivity contribution in [1.82, 2.24) is 0 Å². The standard InChI is InChI=1S/C19H16ClNO2S/c1-13-6-8-15(9-7-13)21-19(22)18-10-14(12-24-18)11-23-17-5-3-2-4-16(17)20/h2-10,12H,11H2,1H3,(H,21,22). The Morgan fingerprint density at radius 1 is 1.17 bits per heavy atom. The van der Waals surface area contributed by atoms with Crippen molar-refractivity contribution in [3.63, 3.8) is 0 Å². The van der Waals surface area contributed by atoms with Crippen LogP contribution in [0.3, 0.4) is 0 Å². The summed E-state index contributed by atoms with van der Waals surface area (Å²) >= 11 is 7.46. The molecule has 1 heterocycles. The molecule has 0 aliphatic carbocycles. The molecule has 3 nitrogen and oxygen atoms in total. The molecule has 0 atom stereocenters. The monoisotopic (exact) mass is 357 g/mol. The number of benzene rings is 2. The summed E-state index contributed by atoms with van der Waals surface area (Å²) in [5.74, 6) is 0.517. The molecule has 0 saturated heterocycles. The number of carbonyl (C=O) groups is 1. The van der Waals surface area contributed by atoms with Crippen LogP contribution in [-0.4, -0.2) is 5.91 Å². The lowest BCUT2D eigenvalue weighted by Crippen LogP contribution is -2.10.